The minimum atomic E-state index is 0.0400. The van der Waals surface area contributed by atoms with Gasteiger partial charge in [-0.1, -0.05) is 6.92 Å². The van der Waals surface area contributed by atoms with Crippen LogP contribution in [0.2, 0.25) is 0 Å². The van der Waals surface area contributed by atoms with Gasteiger partial charge in [0.15, 0.2) is 0 Å². The summed E-state index contributed by atoms with van der Waals surface area (Å²) in [5.41, 5.74) is 0. The molecule has 0 aliphatic carbocycles. The summed E-state index contributed by atoms with van der Waals surface area (Å²) in [6.45, 7) is 4.50. The van der Waals surface area contributed by atoms with Crippen LogP contribution in [0.5, 0.6) is 0 Å². The van der Waals surface area contributed by atoms with Gasteiger partial charge in [-0.3, -0.25) is 9.48 Å². The molecule has 0 aliphatic rings. The highest BCUT2D eigenvalue weighted by molar-refractivity contribution is 5.75. The molecule has 0 spiro atoms. The number of carbonyl (C=O) groups is 1. The molecule has 1 rings (SSSR count). The van der Waals surface area contributed by atoms with Gasteiger partial charge in [0.25, 0.3) is 0 Å². The Labute approximate surface area is 96.4 Å². The first kappa shape index (κ1) is 12.5. The van der Waals surface area contributed by atoms with Gasteiger partial charge in [-0.15, -0.1) is 0 Å². The first-order chi connectivity index (χ1) is 7.52. The molecule has 1 aromatic rings. The predicted molar refractivity (Wildman–Crippen MR) is 64.3 cm³/mol. The highest BCUT2D eigenvalue weighted by Crippen LogP contribution is 2.06. The second kappa shape index (κ2) is 5.53. The van der Waals surface area contributed by atoms with E-state index in [2.05, 4.69) is 24.3 Å². The lowest BCUT2D eigenvalue weighted by atomic mass is 10.3. The minimum absolute atomic E-state index is 0.0400. The number of hydrogen-bond acceptors (Lipinski definition) is 3. The molecule has 90 valence electrons. The summed E-state index contributed by atoms with van der Waals surface area (Å²) in [6.07, 6.45) is 2.86. The molecule has 16 heavy (non-hydrogen) atoms. The zero-order valence-electron chi connectivity index (χ0n) is 10.4. The average molecular weight is 224 g/mol. The molecular weight excluding hydrogens is 204 g/mol. The van der Waals surface area contributed by atoms with Crippen molar-refractivity contribution in [2.24, 2.45) is 0 Å². The van der Waals surface area contributed by atoms with Crippen molar-refractivity contribution in [3.63, 3.8) is 0 Å². The molecule has 0 aliphatic heterocycles. The van der Waals surface area contributed by atoms with Crippen LogP contribution in [-0.4, -0.2) is 40.7 Å². The van der Waals surface area contributed by atoms with Gasteiger partial charge in [-0.2, -0.15) is 5.10 Å². The third-order valence-electron chi connectivity index (χ3n) is 2.44. The Morgan fingerprint density at radius 3 is 2.88 bits per heavy atom. The molecule has 1 unspecified atom stereocenters. The van der Waals surface area contributed by atoms with E-state index in [4.69, 9.17) is 0 Å². The number of likely N-dealkylation sites (N-methyl/N-ethyl adjacent to an activating group) is 1. The molecule has 5 nitrogen and oxygen atoms in total. The van der Waals surface area contributed by atoms with Gasteiger partial charge in [-0.25, -0.2) is 0 Å². The molecule has 0 aromatic carbocycles. The van der Waals surface area contributed by atoms with Gasteiger partial charge >= 0.3 is 0 Å². The second-order valence-corrected chi connectivity index (χ2v) is 4.14. The predicted octanol–water partition coefficient (Wildman–Crippen LogP) is 1.18. The monoisotopic (exact) mass is 224 g/mol. The van der Waals surface area contributed by atoms with E-state index in [0.717, 1.165) is 12.2 Å². The molecule has 0 saturated carbocycles. The van der Waals surface area contributed by atoms with Gasteiger partial charge in [-0.05, 0) is 13.3 Å². The van der Waals surface area contributed by atoms with Gasteiger partial charge in [0.05, 0.1) is 0 Å². The van der Waals surface area contributed by atoms with E-state index in [1.165, 1.54) is 0 Å². The number of amides is 1. The van der Waals surface area contributed by atoms with Crippen molar-refractivity contribution >= 4 is 11.7 Å². The molecule has 0 fully saturated rings. The fourth-order valence-electron chi connectivity index (χ4n) is 1.16. The van der Waals surface area contributed by atoms with E-state index in [-0.39, 0.29) is 12.5 Å². The van der Waals surface area contributed by atoms with E-state index in [0.29, 0.717) is 6.04 Å². The van der Waals surface area contributed by atoms with E-state index in [9.17, 15) is 4.79 Å². The van der Waals surface area contributed by atoms with Crippen LogP contribution in [0.3, 0.4) is 0 Å². The van der Waals surface area contributed by atoms with Crippen LogP contribution in [0.4, 0.5) is 5.82 Å². The zero-order valence-corrected chi connectivity index (χ0v) is 10.4. The third-order valence-corrected chi connectivity index (χ3v) is 2.44. The first-order valence-electron chi connectivity index (χ1n) is 5.53. The summed E-state index contributed by atoms with van der Waals surface area (Å²) < 4.78 is 1.65. The normalized spacial score (nSPS) is 12.2. The van der Waals surface area contributed by atoms with Gasteiger partial charge in [0, 0.05) is 32.4 Å². The quantitative estimate of drug-likeness (QED) is 0.817. The standard InChI is InChI=1S/C11H20N4O/c1-5-9(2)12-10-6-7-15(13-10)8-11(16)14(3)4/h6-7,9H,5,8H2,1-4H3,(H,12,13). The van der Waals surface area contributed by atoms with Crippen LogP contribution in [0, 0.1) is 0 Å². The summed E-state index contributed by atoms with van der Waals surface area (Å²) >= 11 is 0. The van der Waals surface area contributed by atoms with Crippen LogP contribution < -0.4 is 5.32 Å². The molecule has 1 atom stereocenters. The topological polar surface area (TPSA) is 50.2 Å². The Morgan fingerprint density at radius 1 is 1.62 bits per heavy atom. The number of nitrogens with zero attached hydrogens (tertiary/aromatic N) is 3. The number of aromatic nitrogens is 2. The number of carbonyl (C=O) groups excluding carboxylic acids is 1. The van der Waals surface area contributed by atoms with Crippen molar-refractivity contribution in [2.45, 2.75) is 32.9 Å². The lowest BCUT2D eigenvalue weighted by molar-refractivity contribution is -0.129. The van der Waals surface area contributed by atoms with Crippen molar-refractivity contribution in [3.05, 3.63) is 12.3 Å². The molecule has 1 heterocycles. The van der Waals surface area contributed by atoms with Crippen molar-refractivity contribution < 1.29 is 4.79 Å². The molecule has 1 amide bonds. The van der Waals surface area contributed by atoms with Crippen LogP contribution in [-0.2, 0) is 11.3 Å². The van der Waals surface area contributed by atoms with E-state index < -0.39 is 0 Å². The maximum Gasteiger partial charge on any atom is 0.243 e. The summed E-state index contributed by atoms with van der Waals surface area (Å²) in [5.74, 6) is 0.860. The van der Waals surface area contributed by atoms with Crippen molar-refractivity contribution in [3.8, 4) is 0 Å². The van der Waals surface area contributed by atoms with Crippen LogP contribution >= 0.6 is 0 Å². The maximum atomic E-state index is 11.4. The summed E-state index contributed by atoms with van der Waals surface area (Å²) in [4.78, 5) is 13.0. The summed E-state index contributed by atoms with van der Waals surface area (Å²) in [5, 5.41) is 7.54. The van der Waals surface area contributed by atoms with Crippen LogP contribution in [0.15, 0.2) is 12.3 Å². The van der Waals surface area contributed by atoms with E-state index >= 15 is 0 Å². The summed E-state index contributed by atoms with van der Waals surface area (Å²) in [6, 6.07) is 2.28. The van der Waals surface area contributed by atoms with Crippen molar-refractivity contribution in [1.82, 2.24) is 14.7 Å². The molecule has 1 aromatic heterocycles. The smallest absolute Gasteiger partial charge is 0.243 e. The third kappa shape index (κ3) is 3.56. The minimum Gasteiger partial charge on any atom is -0.366 e. The second-order valence-electron chi connectivity index (χ2n) is 4.14. The highest BCUT2D eigenvalue weighted by Gasteiger charge is 2.07. The fraction of sp³-hybridized carbons (Fsp3) is 0.636. The molecule has 1 N–H and O–H groups in total. The Kier molecular flexibility index (Phi) is 4.34. The van der Waals surface area contributed by atoms with Crippen LogP contribution in [0.25, 0.3) is 0 Å². The van der Waals surface area contributed by atoms with Gasteiger partial charge < -0.3 is 10.2 Å². The number of nitrogens with one attached hydrogen (secondary N) is 1. The number of anilines is 1. The highest BCUT2D eigenvalue weighted by atomic mass is 16.2. The number of hydrogen-bond donors (Lipinski definition) is 1. The Bertz CT molecular complexity index is 346. The lowest BCUT2D eigenvalue weighted by Crippen LogP contribution is -2.26. The molecule has 5 heteroatoms. The molecule has 0 saturated heterocycles. The SMILES string of the molecule is CCC(C)Nc1ccn(CC(=O)N(C)C)n1. The lowest BCUT2D eigenvalue weighted by Gasteiger charge is -2.11. The molecular formula is C11H20N4O. The van der Waals surface area contributed by atoms with Gasteiger partial charge in [0.2, 0.25) is 5.91 Å². The fourth-order valence-corrected chi connectivity index (χ4v) is 1.16. The first-order valence-corrected chi connectivity index (χ1v) is 5.53. The van der Waals surface area contributed by atoms with Gasteiger partial charge in [0.1, 0.15) is 12.4 Å². The van der Waals surface area contributed by atoms with E-state index in [1.54, 1.807) is 23.7 Å². The van der Waals surface area contributed by atoms with Crippen LogP contribution in [0.1, 0.15) is 20.3 Å². The molecule has 0 bridgehead atoms. The largest absolute Gasteiger partial charge is 0.366 e. The maximum absolute atomic E-state index is 11.4. The number of rotatable bonds is 5. The average Bonchev–Trinajstić information content (AvgIpc) is 2.65. The Morgan fingerprint density at radius 2 is 2.31 bits per heavy atom. The Hall–Kier alpha value is -1.52. The van der Waals surface area contributed by atoms with Crippen molar-refractivity contribution in [1.29, 1.82) is 0 Å². The van der Waals surface area contributed by atoms with Crippen molar-refractivity contribution in [2.75, 3.05) is 19.4 Å². The molecule has 0 radical (unpaired) electrons. The summed E-state index contributed by atoms with van der Waals surface area (Å²) in [7, 11) is 3.48. The van der Waals surface area contributed by atoms with E-state index in [1.807, 2.05) is 12.3 Å². The zero-order chi connectivity index (χ0) is 12.1. The Balaban J connectivity index is 2.54.